The summed E-state index contributed by atoms with van der Waals surface area (Å²) in [5, 5.41) is 12.7. The van der Waals surface area contributed by atoms with Crippen molar-refractivity contribution in [1.29, 1.82) is 0 Å². The predicted molar refractivity (Wildman–Crippen MR) is 75.8 cm³/mol. The molecule has 0 aliphatic heterocycles. The van der Waals surface area contributed by atoms with Gasteiger partial charge in [-0.1, -0.05) is 12.1 Å². The minimum Gasteiger partial charge on any atom is -0.396 e. The van der Waals surface area contributed by atoms with Crippen molar-refractivity contribution in [3.63, 3.8) is 0 Å². The second kappa shape index (κ2) is 5.31. The SMILES string of the molecule is Cn1c(CNC(CCO)C2CC2)nc2ccccc21. The standard InChI is InChI=1S/C15H21N3O/c1-18-14-5-3-2-4-13(14)17-15(18)10-16-12(8-9-19)11-6-7-11/h2-5,11-12,16,19H,6-10H2,1H3. The van der Waals surface area contributed by atoms with E-state index in [9.17, 15) is 0 Å². The first-order chi connectivity index (χ1) is 9.29. The van der Waals surface area contributed by atoms with E-state index in [1.165, 1.54) is 18.4 Å². The molecule has 0 bridgehead atoms. The summed E-state index contributed by atoms with van der Waals surface area (Å²) in [6, 6.07) is 8.64. The Morgan fingerprint density at radius 1 is 1.42 bits per heavy atom. The number of aliphatic hydroxyl groups excluding tert-OH is 1. The average Bonchev–Trinajstić information content (AvgIpc) is 3.21. The van der Waals surface area contributed by atoms with Gasteiger partial charge in [0.2, 0.25) is 0 Å². The highest BCUT2D eigenvalue weighted by molar-refractivity contribution is 5.75. The number of nitrogens with one attached hydrogen (secondary N) is 1. The van der Waals surface area contributed by atoms with E-state index in [1.807, 2.05) is 18.2 Å². The van der Waals surface area contributed by atoms with Crippen LogP contribution in [0.4, 0.5) is 0 Å². The van der Waals surface area contributed by atoms with Crippen molar-refractivity contribution in [3.8, 4) is 0 Å². The van der Waals surface area contributed by atoms with Gasteiger partial charge < -0.3 is 15.0 Å². The molecule has 4 heteroatoms. The number of hydrogen-bond acceptors (Lipinski definition) is 3. The van der Waals surface area contributed by atoms with E-state index in [0.717, 1.165) is 30.2 Å². The first-order valence-electron chi connectivity index (χ1n) is 7.04. The molecule has 1 aliphatic carbocycles. The van der Waals surface area contributed by atoms with Crippen LogP contribution in [0, 0.1) is 5.92 Å². The van der Waals surface area contributed by atoms with E-state index in [2.05, 4.69) is 28.0 Å². The van der Waals surface area contributed by atoms with Crippen LogP contribution in [0.1, 0.15) is 25.1 Å². The maximum atomic E-state index is 9.12. The Labute approximate surface area is 113 Å². The topological polar surface area (TPSA) is 50.1 Å². The van der Waals surface area contributed by atoms with Gasteiger partial charge in [-0.05, 0) is 37.3 Å². The smallest absolute Gasteiger partial charge is 0.123 e. The molecule has 1 aliphatic rings. The van der Waals surface area contributed by atoms with Crippen LogP contribution in [-0.4, -0.2) is 27.3 Å². The molecule has 1 fully saturated rings. The molecule has 0 radical (unpaired) electrons. The molecule has 1 aromatic heterocycles. The predicted octanol–water partition coefficient (Wildman–Crippen LogP) is 1.82. The first-order valence-corrected chi connectivity index (χ1v) is 7.04. The Hall–Kier alpha value is -1.39. The van der Waals surface area contributed by atoms with Gasteiger partial charge in [0.25, 0.3) is 0 Å². The summed E-state index contributed by atoms with van der Waals surface area (Å²) in [5.41, 5.74) is 2.22. The highest BCUT2D eigenvalue weighted by Crippen LogP contribution is 2.34. The van der Waals surface area contributed by atoms with E-state index in [-0.39, 0.29) is 6.61 Å². The normalized spacial score (nSPS) is 16.9. The third-order valence-corrected chi connectivity index (χ3v) is 4.03. The molecular weight excluding hydrogens is 238 g/mol. The summed E-state index contributed by atoms with van der Waals surface area (Å²) in [4.78, 5) is 4.66. The van der Waals surface area contributed by atoms with Crippen LogP contribution < -0.4 is 5.32 Å². The lowest BCUT2D eigenvalue weighted by molar-refractivity contribution is 0.255. The fraction of sp³-hybridized carbons (Fsp3) is 0.533. The largest absolute Gasteiger partial charge is 0.396 e. The fourth-order valence-corrected chi connectivity index (χ4v) is 2.72. The van der Waals surface area contributed by atoms with Crippen molar-refractivity contribution in [3.05, 3.63) is 30.1 Å². The van der Waals surface area contributed by atoms with Crippen molar-refractivity contribution in [2.75, 3.05) is 6.61 Å². The summed E-state index contributed by atoms with van der Waals surface area (Å²) in [5.74, 6) is 1.81. The molecule has 1 aromatic carbocycles. The highest BCUT2D eigenvalue weighted by Gasteiger charge is 2.30. The van der Waals surface area contributed by atoms with Crippen molar-refractivity contribution in [2.24, 2.45) is 13.0 Å². The minimum absolute atomic E-state index is 0.261. The van der Waals surface area contributed by atoms with E-state index in [0.29, 0.717) is 6.04 Å². The zero-order valence-corrected chi connectivity index (χ0v) is 11.3. The Kier molecular flexibility index (Phi) is 3.53. The Morgan fingerprint density at radius 2 is 2.21 bits per heavy atom. The number of rotatable bonds is 6. The monoisotopic (exact) mass is 259 g/mol. The van der Waals surface area contributed by atoms with Crippen LogP contribution >= 0.6 is 0 Å². The van der Waals surface area contributed by atoms with E-state index < -0.39 is 0 Å². The van der Waals surface area contributed by atoms with Gasteiger partial charge >= 0.3 is 0 Å². The van der Waals surface area contributed by atoms with Crippen molar-refractivity contribution in [1.82, 2.24) is 14.9 Å². The van der Waals surface area contributed by atoms with Crippen LogP contribution in [0.25, 0.3) is 11.0 Å². The second-order valence-electron chi connectivity index (χ2n) is 5.41. The van der Waals surface area contributed by atoms with Crippen LogP contribution in [0.15, 0.2) is 24.3 Å². The van der Waals surface area contributed by atoms with Crippen molar-refractivity contribution in [2.45, 2.75) is 31.8 Å². The number of fused-ring (bicyclic) bond motifs is 1. The van der Waals surface area contributed by atoms with Gasteiger partial charge in [-0.15, -0.1) is 0 Å². The second-order valence-corrected chi connectivity index (χ2v) is 5.41. The molecule has 1 saturated carbocycles. The van der Waals surface area contributed by atoms with Crippen molar-refractivity contribution >= 4 is 11.0 Å². The number of nitrogens with zero attached hydrogens (tertiary/aromatic N) is 2. The Balaban J connectivity index is 1.72. The molecule has 1 heterocycles. The summed E-state index contributed by atoms with van der Waals surface area (Å²) >= 11 is 0. The molecule has 0 saturated heterocycles. The molecule has 2 aromatic rings. The lowest BCUT2D eigenvalue weighted by Gasteiger charge is -2.16. The molecule has 19 heavy (non-hydrogen) atoms. The number of para-hydroxylation sites is 2. The number of benzene rings is 1. The highest BCUT2D eigenvalue weighted by atomic mass is 16.3. The van der Waals surface area contributed by atoms with Crippen molar-refractivity contribution < 1.29 is 5.11 Å². The summed E-state index contributed by atoms with van der Waals surface area (Å²) in [6.45, 7) is 1.03. The van der Waals surface area contributed by atoms with Gasteiger partial charge in [0.15, 0.2) is 0 Å². The van der Waals surface area contributed by atoms with E-state index >= 15 is 0 Å². The first kappa shape index (κ1) is 12.6. The van der Waals surface area contributed by atoms with Crippen LogP contribution in [0.5, 0.6) is 0 Å². The maximum Gasteiger partial charge on any atom is 0.123 e. The van der Waals surface area contributed by atoms with E-state index in [1.54, 1.807) is 0 Å². The molecule has 1 atom stereocenters. The minimum atomic E-state index is 0.261. The van der Waals surface area contributed by atoms with Gasteiger partial charge in [-0.3, -0.25) is 0 Å². The summed E-state index contributed by atoms with van der Waals surface area (Å²) < 4.78 is 2.14. The zero-order valence-electron chi connectivity index (χ0n) is 11.3. The molecule has 3 rings (SSSR count). The Bertz CT molecular complexity index is 560. The van der Waals surface area contributed by atoms with Gasteiger partial charge in [0, 0.05) is 19.7 Å². The van der Waals surface area contributed by atoms with Gasteiger partial charge in [-0.2, -0.15) is 0 Å². The number of aliphatic hydroxyl groups is 1. The van der Waals surface area contributed by atoms with E-state index in [4.69, 9.17) is 5.11 Å². The van der Waals surface area contributed by atoms with Gasteiger partial charge in [0.1, 0.15) is 5.82 Å². The zero-order chi connectivity index (χ0) is 13.2. The number of hydrogen-bond donors (Lipinski definition) is 2. The lowest BCUT2D eigenvalue weighted by atomic mass is 10.1. The number of aryl methyl sites for hydroxylation is 1. The van der Waals surface area contributed by atoms with Crippen LogP contribution in [0.2, 0.25) is 0 Å². The molecular formula is C15H21N3O. The molecule has 4 nitrogen and oxygen atoms in total. The molecule has 2 N–H and O–H groups in total. The number of imidazole rings is 1. The van der Waals surface area contributed by atoms with Gasteiger partial charge in [-0.25, -0.2) is 4.98 Å². The summed E-state index contributed by atoms with van der Waals surface area (Å²) in [7, 11) is 2.06. The van der Waals surface area contributed by atoms with Crippen LogP contribution in [-0.2, 0) is 13.6 Å². The Morgan fingerprint density at radius 3 is 2.89 bits per heavy atom. The average molecular weight is 259 g/mol. The number of aromatic nitrogens is 2. The van der Waals surface area contributed by atoms with Crippen LogP contribution in [0.3, 0.4) is 0 Å². The lowest BCUT2D eigenvalue weighted by Crippen LogP contribution is -2.32. The molecule has 0 spiro atoms. The third kappa shape index (κ3) is 2.65. The fourth-order valence-electron chi connectivity index (χ4n) is 2.72. The third-order valence-electron chi connectivity index (χ3n) is 4.03. The molecule has 1 unspecified atom stereocenters. The summed E-state index contributed by atoms with van der Waals surface area (Å²) in [6.07, 6.45) is 3.43. The molecule has 102 valence electrons. The quantitative estimate of drug-likeness (QED) is 0.832. The van der Waals surface area contributed by atoms with Gasteiger partial charge in [0.05, 0.1) is 17.6 Å². The molecule has 0 amide bonds. The maximum absolute atomic E-state index is 9.12.